The van der Waals surface area contributed by atoms with Crippen LogP contribution in [0.1, 0.15) is 33.0 Å². The van der Waals surface area contributed by atoms with Crippen molar-refractivity contribution in [3.63, 3.8) is 0 Å². The third-order valence-electron chi connectivity index (χ3n) is 6.30. The van der Waals surface area contributed by atoms with Crippen molar-refractivity contribution in [2.45, 2.75) is 19.4 Å². The molecule has 7 nitrogen and oxygen atoms in total. The molecular weight excluding hydrogens is 496 g/mol. The number of halogens is 1. The molecule has 1 aromatic heterocycles. The first-order valence-electron chi connectivity index (χ1n) is 11.5. The van der Waals surface area contributed by atoms with E-state index in [4.69, 9.17) is 19.4 Å². The summed E-state index contributed by atoms with van der Waals surface area (Å²) in [6.45, 7) is 4.07. The molecular formula is C26H27BrN4O3. The second kappa shape index (κ2) is 10.1. The van der Waals surface area contributed by atoms with Crippen molar-refractivity contribution in [1.82, 2.24) is 14.9 Å². The van der Waals surface area contributed by atoms with Crippen molar-refractivity contribution in [3.05, 3.63) is 81.2 Å². The normalized spacial score (nSPS) is 15.7. The summed E-state index contributed by atoms with van der Waals surface area (Å²) in [5, 5.41) is 0. The highest BCUT2D eigenvalue weighted by atomic mass is 79.9. The van der Waals surface area contributed by atoms with Gasteiger partial charge in [-0.05, 0) is 42.0 Å². The van der Waals surface area contributed by atoms with E-state index in [1.54, 1.807) is 7.11 Å². The lowest BCUT2D eigenvalue weighted by atomic mass is 10.0. The summed E-state index contributed by atoms with van der Waals surface area (Å²) in [5.41, 5.74) is 3.92. The molecule has 34 heavy (non-hydrogen) atoms. The van der Waals surface area contributed by atoms with Crippen LogP contribution in [0.4, 0.5) is 5.82 Å². The second-order valence-corrected chi connectivity index (χ2v) is 9.41. The Morgan fingerprint density at radius 1 is 1.03 bits per heavy atom. The Morgan fingerprint density at radius 3 is 2.47 bits per heavy atom. The topological polar surface area (TPSA) is 67.8 Å². The maximum absolute atomic E-state index is 13.2. The van der Waals surface area contributed by atoms with Gasteiger partial charge in [-0.2, -0.15) is 0 Å². The van der Waals surface area contributed by atoms with Gasteiger partial charge < -0.3 is 19.3 Å². The highest BCUT2D eigenvalue weighted by Gasteiger charge is 2.28. The quantitative estimate of drug-likeness (QED) is 0.506. The number of rotatable bonds is 5. The van der Waals surface area contributed by atoms with Crippen LogP contribution < -0.4 is 9.64 Å². The molecule has 1 amide bonds. The molecule has 2 aromatic carbocycles. The van der Waals surface area contributed by atoms with Crippen LogP contribution in [0.25, 0.3) is 0 Å². The maximum Gasteiger partial charge on any atom is 0.254 e. The lowest BCUT2D eigenvalue weighted by molar-refractivity contribution is 0.0733. The van der Waals surface area contributed by atoms with Gasteiger partial charge >= 0.3 is 0 Å². The molecule has 0 spiro atoms. The Kier molecular flexibility index (Phi) is 6.78. The van der Waals surface area contributed by atoms with Crippen molar-refractivity contribution >= 4 is 27.7 Å². The number of nitrogens with zero attached hydrogens (tertiary/aromatic N) is 4. The Balaban J connectivity index is 1.44. The number of hydrogen-bond donors (Lipinski definition) is 0. The first-order chi connectivity index (χ1) is 16.6. The molecule has 0 radical (unpaired) electrons. The van der Waals surface area contributed by atoms with Gasteiger partial charge in [0.05, 0.1) is 32.6 Å². The van der Waals surface area contributed by atoms with Crippen LogP contribution >= 0.6 is 15.9 Å². The molecule has 8 heteroatoms. The zero-order chi connectivity index (χ0) is 23.5. The lowest BCUT2D eigenvalue weighted by Crippen LogP contribution is -2.41. The molecule has 1 fully saturated rings. The lowest BCUT2D eigenvalue weighted by Gasteiger charge is -2.34. The first kappa shape index (κ1) is 22.8. The van der Waals surface area contributed by atoms with Crippen molar-refractivity contribution < 1.29 is 14.3 Å². The highest BCUT2D eigenvalue weighted by Crippen LogP contribution is 2.29. The monoisotopic (exact) mass is 522 g/mol. The van der Waals surface area contributed by atoms with E-state index in [2.05, 4.69) is 33.0 Å². The van der Waals surface area contributed by atoms with E-state index in [1.807, 2.05) is 41.3 Å². The zero-order valence-corrected chi connectivity index (χ0v) is 20.8. The van der Waals surface area contributed by atoms with E-state index >= 15 is 0 Å². The van der Waals surface area contributed by atoms with Gasteiger partial charge in [0.25, 0.3) is 5.91 Å². The molecule has 1 saturated heterocycles. The summed E-state index contributed by atoms with van der Waals surface area (Å²) in [5.74, 6) is 2.61. The van der Waals surface area contributed by atoms with Crippen LogP contribution in [-0.4, -0.2) is 60.7 Å². The third kappa shape index (κ3) is 4.93. The fraction of sp³-hybridized carbons (Fsp3) is 0.346. The number of ether oxygens (including phenoxy) is 2. The average molecular weight is 523 g/mol. The summed E-state index contributed by atoms with van der Waals surface area (Å²) in [7, 11) is 1.67. The van der Waals surface area contributed by atoms with Gasteiger partial charge in [-0.15, -0.1) is 0 Å². The molecule has 2 aliphatic rings. The molecule has 176 valence electrons. The highest BCUT2D eigenvalue weighted by molar-refractivity contribution is 9.10. The first-order valence-corrected chi connectivity index (χ1v) is 12.3. The number of hydrogen-bond acceptors (Lipinski definition) is 6. The van der Waals surface area contributed by atoms with E-state index < -0.39 is 0 Å². The number of morpholine rings is 1. The molecule has 0 saturated carbocycles. The molecule has 3 heterocycles. The van der Waals surface area contributed by atoms with Gasteiger partial charge in [0.1, 0.15) is 17.4 Å². The predicted octanol–water partition coefficient (Wildman–Crippen LogP) is 3.87. The van der Waals surface area contributed by atoms with E-state index in [0.29, 0.717) is 44.7 Å². The SMILES string of the molecule is COc1ccc(Cc2nc3c(c(N4CCOCC4)n2)CN(C(=O)c2ccc(Br)cc2)CC3)cc1. The molecule has 0 N–H and O–H groups in total. The largest absolute Gasteiger partial charge is 0.497 e. The van der Waals surface area contributed by atoms with E-state index in [0.717, 1.165) is 51.8 Å². The number of carbonyl (C=O) groups excluding carboxylic acids is 1. The van der Waals surface area contributed by atoms with Crippen LogP contribution in [0.15, 0.2) is 53.0 Å². The van der Waals surface area contributed by atoms with Crippen LogP contribution in [0.2, 0.25) is 0 Å². The van der Waals surface area contributed by atoms with Gasteiger partial charge in [-0.3, -0.25) is 4.79 Å². The molecule has 0 atom stereocenters. The van der Waals surface area contributed by atoms with Gasteiger partial charge in [0.15, 0.2) is 0 Å². The number of fused-ring (bicyclic) bond motifs is 1. The van der Waals surface area contributed by atoms with E-state index in [9.17, 15) is 4.79 Å². The summed E-state index contributed by atoms with van der Waals surface area (Å²) >= 11 is 3.44. The Labute approximate surface area is 207 Å². The van der Waals surface area contributed by atoms with Gasteiger partial charge in [-0.1, -0.05) is 28.1 Å². The number of anilines is 1. The molecule has 5 rings (SSSR count). The smallest absolute Gasteiger partial charge is 0.254 e. The van der Waals surface area contributed by atoms with Crippen LogP contribution in [-0.2, 0) is 24.1 Å². The minimum atomic E-state index is 0.0355. The number of aromatic nitrogens is 2. The van der Waals surface area contributed by atoms with Crippen molar-refractivity contribution in [3.8, 4) is 5.75 Å². The maximum atomic E-state index is 13.2. The number of benzene rings is 2. The Bertz CT molecular complexity index is 1160. The summed E-state index contributed by atoms with van der Waals surface area (Å²) in [6.07, 6.45) is 1.36. The molecule has 3 aromatic rings. The van der Waals surface area contributed by atoms with Crippen molar-refractivity contribution in [2.24, 2.45) is 0 Å². The third-order valence-corrected chi connectivity index (χ3v) is 6.82. The van der Waals surface area contributed by atoms with E-state index in [1.165, 1.54) is 0 Å². The summed E-state index contributed by atoms with van der Waals surface area (Å²) < 4.78 is 11.8. The minimum Gasteiger partial charge on any atom is -0.497 e. The molecule has 0 aliphatic carbocycles. The predicted molar refractivity (Wildman–Crippen MR) is 133 cm³/mol. The van der Waals surface area contributed by atoms with Crippen molar-refractivity contribution in [2.75, 3.05) is 44.9 Å². The fourth-order valence-corrected chi connectivity index (χ4v) is 4.70. The molecule has 0 bridgehead atoms. The van der Waals surface area contributed by atoms with Gasteiger partial charge in [0, 0.05) is 48.1 Å². The zero-order valence-electron chi connectivity index (χ0n) is 19.2. The second-order valence-electron chi connectivity index (χ2n) is 8.50. The summed E-state index contributed by atoms with van der Waals surface area (Å²) in [6, 6.07) is 15.5. The van der Waals surface area contributed by atoms with Crippen LogP contribution in [0, 0.1) is 0 Å². The number of amides is 1. The van der Waals surface area contributed by atoms with Gasteiger partial charge in [-0.25, -0.2) is 9.97 Å². The molecule has 0 unspecified atom stereocenters. The summed E-state index contributed by atoms with van der Waals surface area (Å²) in [4.78, 5) is 27.3. The molecule has 2 aliphatic heterocycles. The standard InChI is InChI=1S/C26H27BrN4O3/c1-33-21-8-2-18(3-9-21)16-24-28-23-10-11-31(26(32)19-4-6-20(27)7-5-19)17-22(23)25(29-24)30-12-14-34-15-13-30/h2-9H,10-17H2,1H3. The van der Waals surface area contributed by atoms with E-state index in [-0.39, 0.29) is 5.91 Å². The van der Waals surface area contributed by atoms with Crippen molar-refractivity contribution in [1.29, 1.82) is 0 Å². The average Bonchev–Trinajstić information content (AvgIpc) is 2.89. The van der Waals surface area contributed by atoms with Crippen LogP contribution in [0.5, 0.6) is 5.75 Å². The fourth-order valence-electron chi connectivity index (χ4n) is 4.44. The Hall–Kier alpha value is -2.97. The number of methoxy groups -OCH3 is 1. The number of carbonyl (C=O) groups is 1. The van der Waals surface area contributed by atoms with Gasteiger partial charge in [0.2, 0.25) is 0 Å². The Morgan fingerprint density at radius 2 is 1.76 bits per heavy atom. The van der Waals surface area contributed by atoms with Crippen LogP contribution in [0.3, 0.4) is 0 Å². The minimum absolute atomic E-state index is 0.0355.